The molecule has 0 aliphatic carbocycles. The van der Waals surface area contributed by atoms with E-state index < -0.39 is 11.7 Å². The number of rotatable bonds is 4. The first-order valence-corrected chi connectivity index (χ1v) is 8.13. The highest BCUT2D eigenvalue weighted by Gasteiger charge is 2.25. The lowest BCUT2D eigenvalue weighted by Crippen LogP contribution is -2.33. The number of carbonyl (C=O) groups is 2. The van der Waals surface area contributed by atoms with Gasteiger partial charge in [0.1, 0.15) is 13.2 Å². The van der Waals surface area contributed by atoms with E-state index in [9.17, 15) is 9.59 Å². The number of aryl methyl sites for hydroxylation is 2. The quantitative estimate of drug-likeness (QED) is 0.677. The molecule has 1 aliphatic heterocycles. The number of ketones is 1. The highest BCUT2D eigenvalue weighted by atomic mass is 16.6. The van der Waals surface area contributed by atoms with Crippen molar-refractivity contribution in [2.45, 2.75) is 26.8 Å². The van der Waals surface area contributed by atoms with E-state index >= 15 is 0 Å². The van der Waals surface area contributed by atoms with E-state index in [1.807, 2.05) is 25.1 Å². The van der Waals surface area contributed by atoms with Gasteiger partial charge in [0.05, 0.1) is 17.3 Å². The van der Waals surface area contributed by atoms with Crippen LogP contribution in [0.3, 0.4) is 0 Å². The van der Waals surface area contributed by atoms with Crippen molar-refractivity contribution >= 4 is 11.7 Å². The molecule has 0 bridgehead atoms. The van der Waals surface area contributed by atoms with Gasteiger partial charge in [-0.15, -0.1) is 0 Å². The zero-order chi connectivity index (χ0) is 18.1. The Balaban J connectivity index is 1.75. The van der Waals surface area contributed by atoms with Gasteiger partial charge in [0.15, 0.2) is 11.5 Å². The largest absolute Gasteiger partial charge is 0.486 e. The first kappa shape index (κ1) is 17.0. The van der Waals surface area contributed by atoms with Crippen LogP contribution >= 0.6 is 0 Å². The molecule has 1 aliphatic rings. The Morgan fingerprint density at radius 1 is 1.20 bits per heavy atom. The minimum atomic E-state index is -0.651. The monoisotopic (exact) mass is 343 g/mol. The lowest BCUT2D eigenvalue weighted by atomic mass is 10.1. The Hall–Kier alpha value is -2.83. The average Bonchev–Trinajstić information content (AvgIpc) is 2.85. The number of nitrogens with zero attached hydrogens (tertiary/aromatic N) is 2. The molecule has 2 aromatic rings. The summed E-state index contributed by atoms with van der Waals surface area (Å²) >= 11 is 0. The molecular weight excluding hydrogens is 322 g/mol. The van der Waals surface area contributed by atoms with Crippen LogP contribution in [0, 0.1) is 13.8 Å². The van der Waals surface area contributed by atoms with Gasteiger partial charge in [-0.2, -0.15) is 5.10 Å². The van der Waals surface area contributed by atoms with Crippen LogP contribution in [0.15, 0.2) is 18.2 Å². The van der Waals surface area contributed by atoms with Gasteiger partial charge in [-0.3, -0.25) is 14.3 Å². The number of benzene rings is 1. The van der Waals surface area contributed by atoms with Crippen molar-refractivity contribution in [3.8, 4) is 11.5 Å². The Morgan fingerprint density at radius 3 is 2.52 bits per heavy atom. The second-order valence-electron chi connectivity index (χ2n) is 6.10. The Kier molecular flexibility index (Phi) is 4.48. The number of nitrogens with one attached hydrogen (secondary N) is 1. The Labute approximate surface area is 145 Å². The van der Waals surface area contributed by atoms with E-state index in [-0.39, 0.29) is 6.04 Å². The fourth-order valence-corrected chi connectivity index (χ4v) is 2.89. The lowest BCUT2D eigenvalue weighted by molar-refractivity contribution is -0.117. The number of fused-ring (bicyclic) bond motifs is 1. The molecule has 0 fully saturated rings. The van der Waals surface area contributed by atoms with Crippen molar-refractivity contribution in [3.63, 3.8) is 0 Å². The third kappa shape index (κ3) is 3.22. The van der Waals surface area contributed by atoms with Gasteiger partial charge >= 0.3 is 0 Å². The van der Waals surface area contributed by atoms with Crippen LogP contribution in [-0.2, 0) is 11.8 Å². The molecule has 132 valence electrons. The summed E-state index contributed by atoms with van der Waals surface area (Å²) in [5.41, 5.74) is 2.41. The summed E-state index contributed by atoms with van der Waals surface area (Å²) in [6.45, 7) is 6.33. The van der Waals surface area contributed by atoms with Crippen molar-refractivity contribution in [2.75, 3.05) is 13.2 Å². The second kappa shape index (κ2) is 6.58. The van der Waals surface area contributed by atoms with Gasteiger partial charge in [0, 0.05) is 12.7 Å². The number of aromatic nitrogens is 2. The summed E-state index contributed by atoms with van der Waals surface area (Å²) in [6.07, 6.45) is 0. The number of hydrogen-bond acceptors (Lipinski definition) is 5. The Bertz CT molecular complexity index is 841. The fourth-order valence-electron chi connectivity index (χ4n) is 2.89. The van der Waals surface area contributed by atoms with Gasteiger partial charge in [-0.25, -0.2) is 0 Å². The van der Waals surface area contributed by atoms with Crippen LogP contribution in [-0.4, -0.2) is 34.7 Å². The molecule has 1 amide bonds. The summed E-state index contributed by atoms with van der Waals surface area (Å²) in [5.74, 6) is 0.107. The van der Waals surface area contributed by atoms with Crippen molar-refractivity contribution in [1.82, 2.24) is 15.1 Å². The van der Waals surface area contributed by atoms with Crippen LogP contribution in [0.1, 0.15) is 40.3 Å². The third-order valence-corrected chi connectivity index (χ3v) is 4.36. The number of carbonyl (C=O) groups excluding carboxylic acids is 2. The molecule has 0 radical (unpaired) electrons. The minimum absolute atomic E-state index is 0.343. The molecule has 1 aromatic carbocycles. The first-order valence-electron chi connectivity index (χ1n) is 8.13. The maximum Gasteiger partial charge on any atom is 0.293 e. The molecule has 2 heterocycles. The van der Waals surface area contributed by atoms with Crippen LogP contribution in [0.25, 0.3) is 0 Å². The van der Waals surface area contributed by atoms with Crippen LogP contribution in [0.2, 0.25) is 0 Å². The normalized spacial score (nSPS) is 14.1. The van der Waals surface area contributed by atoms with Crippen LogP contribution in [0.5, 0.6) is 11.5 Å². The fraction of sp³-hybridized carbons (Fsp3) is 0.389. The number of ether oxygens (including phenoxy) is 2. The van der Waals surface area contributed by atoms with Gasteiger partial charge < -0.3 is 14.8 Å². The number of hydrogen-bond donors (Lipinski definition) is 1. The van der Waals surface area contributed by atoms with Crippen molar-refractivity contribution in [2.24, 2.45) is 7.05 Å². The van der Waals surface area contributed by atoms with E-state index in [2.05, 4.69) is 10.4 Å². The van der Waals surface area contributed by atoms with Gasteiger partial charge in [0.25, 0.3) is 11.7 Å². The molecule has 7 nitrogen and oxygen atoms in total. The molecule has 1 unspecified atom stereocenters. The third-order valence-electron chi connectivity index (χ3n) is 4.36. The molecule has 1 atom stereocenters. The predicted molar refractivity (Wildman–Crippen MR) is 91.0 cm³/mol. The number of amides is 1. The van der Waals surface area contributed by atoms with Crippen LogP contribution in [0.4, 0.5) is 0 Å². The molecule has 0 spiro atoms. The first-order chi connectivity index (χ1) is 11.9. The van der Waals surface area contributed by atoms with E-state index in [4.69, 9.17) is 9.47 Å². The van der Waals surface area contributed by atoms with Crippen molar-refractivity contribution in [1.29, 1.82) is 0 Å². The van der Waals surface area contributed by atoms with Gasteiger partial charge in [-0.1, -0.05) is 6.07 Å². The summed E-state index contributed by atoms with van der Waals surface area (Å²) in [7, 11) is 1.74. The van der Waals surface area contributed by atoms with Crippen molar-refractivity contribution in [3.05, 3.63) is 40.7 Å². The summed E-state index contributed by atoms with van der Waals surface area (Å²) < 4.78 is 12.6. The zero-order valence-corrected chi connectivity index (χ0v) is 14.8. The zero-order valence-electron chi connectivity index (χ0n) is 14.8. The maximum atomic E-state index is 12.5. The average molecular weight is 343 g/mol. The highest BCUT2D eigenvalue weighted by Crippen LogP contribution is 2.32. The molecule has 0 saturated heterocycles. The topological polar surface area (TPSA) is 82.5 Å². The summed E-state index contributed by atoms with van der Waals surface area (Å²) in [4.78, 5) is 24.9. The SMILES string of the molecule is Cc1nn(C)c(C)c1C(=O)C(=O)NC(C)c1ccc2c(c1)OCCO2. The van der Waals surface area contributed by atoms with Crippen molar-refractivity contribution < 1.29 is 19.1 Å². The number of Topliss-reactive ketones (excluding diaryl/α,β-unsaturated/α-hetero) is 1. The molecule has 0 saturated carbocycles. The minimum Gasteiger partial charge on any atom is -0.486 e. The molecule has 25 heavy (non-hydrogen) atoms. The summed E-state index contributed by atoms with van der Waals surface area (Å²) in [5, 5.41) is 6.93. The van der Waals surface area contributed by atoms with E-state index in [1.165, 1.54) is 0 Å². The Morgan fingerprint density at radius 2 is 1.88 bits per heavy atom. The van der Waals surface area contributed by atoms with E-state index in [0.29, 0.717) is 41.7 Å². The van der Waals surface area contributed by atoms with Gasteiger partial charge in [0.2, 0.25) is 0 Å². The molecular formula is C18H21N3O4. The van der Waals surface area contributed by atoms with E-state index in [0.717, 1.165) is 5.56 Å². The maximum absolute atomic E-state index is 12.5. The molecule has 1 aromatic heterocycles. The van der Waals surface area contributed by atoms with Gasteiger partial charge in [-0.05, 0) is 38.5 Å². The molecule has 7 heteroatoms. The standard InChI is InChI=1S/C18H21N3O4/c1-10(13-5-6-14-15(9-13)25-8-7-24-14)19-18(23)17(22)16-11(2)20-21(4)12(16)3/h5-6,9-10H,7-8H2,1-4H3,(H,19,23). The smallest absolute Gasteiger partial charge is 0.293 e. The molecule has 3 rings (SSSR count). The van der Waals surface area contributed by atoms with Crippen LogP contribution < -0.4 is 14.8 Å². The lowest BCUT2D eigenvalue weighted by Gasteiger charge is -2.21. The molecule has 1 N–H and O–H groups in total. The second-order valence-corrected chi connectivity index (χ2v) is 6.10. The van der Waals surface area contributed by atoms with E-state index in [1.54, 1.807) is 25.6 Å². The highest BCUT2D eigenvalue weighted by molar-refractivity contribution is 6.43. The summed E-state index contributed by atoms with van der Waals surface area (Å²) in [6, 6.07) is 5.14. The predicted octanol–water partition coefficient (Wildman–Crippen LogP) is 1.87.